The molecule has 1 heteroatoms. The Morgan fingerprint density at radius 2 is 2.50 bits per heavy atom. The van der Waals surface area contributed by atoms with Crippen molar-refractivity contribution >= 4 is 0 Å². The number of hydrogen-bond donors (Lipinski definition) is 1. The first-order valence-electron chi connectivity index (χ1n) is 4.24. The fourth-order valence-electron chi connectivity index (χ4n) is 1.50. The van der Waals surface area contributed by atoms with Crippen LogP contribution in [-0.2, 0) is 0 Å². The van der Waals surface area contributed by atoms with Crippen molar-refractivity contribution in [2.45, 2.75) is 32.6 Å². The molecule has 58 valence electrons. The maximum absolute atomic E-state index is 5.52. The molecule has 1 nitrogen and oxygen atoms in total. The molecule has 10 heavy (non-hydrogen) atoms. The SMILES string of the molecule is CCC1CC=C(CN)CC1. The highest BCUT2D eigenvalue weighted by atomic mass is 14.5. The largest absolute Gasteiger partial charge is 0.327 e. The average molecular weight is 139 g/mol. The summed E-state index contributed by atoms with van der Waals surface area (Å²) in [6.45, 7) is 3.04. The Hall–Kier alpha value is -0.300. The lowest BCUT2D eigenvalue weighted by Crippen LogP contribution is -2.10. The normalized spacial score (nSPS) is 26.2. The molecule has 0 saturated heterocycles. The summed E-state index contributed by atoms with van der Waals surface area (Å²) >= 11 is 0. The fraction of sp³-hybridized carbons (Fsp3) is 0.778. The van der Waals surface area contributed by atoms with Crippen LogP contribution in [-0.4, -0.2) is 6.54 Å². The van der Waals surface area contributed by atoms with Crippen LogP contribution in [0.1, 0.15) is 32.6 Å². The van der Waals surface area contributed by atoms with Gasteiger partial charge in [0.1, 0.15) is 0 Å². The lowest BCUT2D eigenvalue weighted by atomic mass is 9.88. The van der Waals surface area contributed by atoms with Crippen molar-refractivity contribution in [1.29, 1.82) is 0 Å². The first kappa shape index (κ1) is 7.80. The van der Waals surface area contributed by atoms with Crippen LogP contribution in [0, 0.1) is 5.92 Å². The molecule has 1 unspecified atom stereocenters. The Kier molecular flexibility index (Phi) is 2.94. The second-order valence-electron chi connectivity index (χ2n) is 3.12. The molecule has 1 rings (SSSR count). The van der Waals surface area contributed by atoms with Crippen LogP contribution >= 0.6 is 0 Å². The van der Waals surface area contributed by atoms with Crippen molar-refractivity contribution in [2.24, 2.45) is 11.7 Å². The third kappa shape index (κ3) is 1.84. The number of nitrogens with two attached hydrogens (primary N) is 1. The summed E-state index contributed by atoms with van der Waals surface area (Å²) in [5.74, 6) is 0.940. The first-order chi connectivity index (χ1) is 4.86. The van der Waals surface area contributed by atoms with E-state index < -0.39 is 0 Å². The van der Waals surface area contributed by atoms with Gasteiger partial charge in [-0.3, -0.25) is 0 Å². The highest BCUT2D eigenvalue weighted by molar-refractivity contribution is 5.07. The zero-order valence-electron chi connectivity index (χ0n) is 6.77. The molecule has 1 aliphatic carbocycles. The Bertz CT molecular complexity index is 127. The van der Waals surface area contributed by atoms with E-state index in [9.17, 15) is 0 Å². The van der Waals surface area contributed by atoms with Gasteiger partial charge in [0, 0.05) is 6.54 Å². The van der Waals surface area contributed by atoms with Crippen LogP contribution < -0.4 is 5.73 Å². The molecule has 0 aromatic rings. The average Bonchev–Trinajstić information content (AvgIpc) is 2.05. The molecule has 0 spiro atoms. The van der Waals surface area contributed by atoms with Crippen molar-refractivity contribution in [3.05, 3.63) is 11.6 Å². The third-order valence-corrected chi connectivity index (χ3v) is 2.45. The minimum Gasteiger partial charge on any atom is -0.327 e. The van der Waals surface area contributed by atoms with E-state index in [1.54, 1.807) is 0 Å². The van der Waals surface area contributed by atoms with Gasteiger partial charge >= 0.3 is 0 Å². The standard InChI is InChI=1S/C9H17N/c1-2-8-3-5-9(7-10)6-4-8/h5,8H,2-4,6-7,10H2,1H3. The van der Waals surface area contributed by atoms with Crippen LogP contribution in [0.15, 0.2) is 11.6 Å². The molecule has 0 aromatic carbocycles. The molecule has 0 heterocycles. The molecular weight excluding hydrogens is 122 g/mol. The lowest BCUT2D eigenvalue weighted by Gasteiger charge is -2.19. The second-order valence-corrected chi connectivity index (χ2v) is 3.12. The van der Waals surface area contributed by atoms with Crippen molar-refractivity contribution < 1.29 is 0 Å². The van der Waals surface area contributed by atoms with Gasteiger partial charge in [0.15, 0.2) is 0 Å². The predicted molar refractivity (Wildman–Crippen MR) is 44.8 cm³/mol. The van der Waals surface area contributed by atoms with E-state index in [-0.39, 0.29) is 0 Å². The molecule has 0 radical (unpaired) electrons. The molecule has 0 amide bonds. The van der Waals surface area contributed by atoms with Crippen molar-refractivity contribution in [3.63, 3.8) is 0 Å². The highest BCUT2D eigenvalue weighted by Gasteiger charge is 2.10. The Labute approximate surface area is 63.3 Å². The summed E-state index contributed by atoms with van der Waals surface area (Å²) in [7, 11) is 0. The van der Waals surface area contributed by atoms with Crippen molar-refractivity contribution in [3.8, 4) is 0 Å². The van der Waals surface area contributed by atoms with Gasteiger partial charge in [-0.1, -0.05) is 25.0 Å². The van der Waals surface area contributed by atoms with Gasteiger partial charge in [-0.25, -0.2) is 0 Å². The summed E-state index contributed by atoms with van der Waals surface area (Å²) in [5, 5.41) is 0. The van der Waals surface area contributed by atoms with E-state index in [0.29, 0.717) is 0 Å². The minimum absolute atomic E-state index is 0.774. The minimum atomic E-state index is 0.774. The topological polar surface area (TPSA) is 26.0 Å². The monoisotopic (exact) mass is 139 g/mol. The van der Waals surface area contributed by atoms with Gasteiger partial charge in [-0.05, 0) is 25.2 Å². The number of hydrogen-bond acceptors (Lipinski definition) is 1. The van der Waals surface area contributed by atoms with Gasteiger partial charge < -0.3 is 5.73 Å². The van der Waals surface area contributed by atoms with E-state index in [4.69, 9.17) is 5.73 Å². The lowest BCUT2D eigenvalue weighted by molar-refractivity contribution is 0.454. The summed E-state index contributed by atoms with van der Waals surface area (Å²) in [6.07, 6.45) is 7.53. The van der Waals surface area contributed by atoms with Gasteiger partial charge in [0.25, 0.3) is 0 Å². The first-order valence-corrected chi connectivity index (χ1v) is 4.24. The summed E-state index contributed by atoms with van der Waals surface area (Å²) in [5.41, 5.74) is 6.98. The summed E-state index contributed by atoms with van der Waals surface area (Å²) < 4.78 is 0. The maximum Gasteiger partial charge on any atom is 0.0136 e. The van der Waals surface area contributed by atoms with Gasteiger partial charge in [-0.15, -0.1) is 0 Å². The third-order valence-electron chi connectivity index (χ3n) is 2.45. The van der Waals surface area contributed by atoms with Crippen LogP contribution in [0.2, 0.25) is 0 Å². The van der Waals surface area contributed by atoms with E-state index in [1.807, 2.05) is 0 Å². The number of rotatable bonds is 2. The summed E-state index contributed by atoms with van der Waals surface area (Å²) in [6, 6.07) is 0. The van der Waals surface area contributed by atoms with Gasteiger partial charge in [-0.2, -0.15) is 0 Å². The molecule has 0 aromatic heterocycles. The predicted octanol–water partition coefficient (Wildman–Crippen LogP) is 2.08. The second kappa shape index (κ2) is 3.77. The summed E-state index contributed by atoms with van der Waals surface area (Å²) in [4.78, 5) is 0. The van der Waals surface area contributed by atoms with Crippen molar-refractivity contribution in [2.75, 3.05) is 6.54 Å². The quantitative estimate of drug-likeness (QED) is 0.582. The van der Waals surface area contributed by atoms with E-state index in [2.05, 4.69) is 13.0 Å². The van der Waals surface area contributed by atoms with E-state index in [0.717, 1.165) is 12.5 Å². The maximum atomic E-state index is 5.52. The molecule has 0 saturated carbocycles. The van der Waals surface area contributed by atoms with E-state index >= 15 is 0 Å². The zero-order valence-corrected chi connectivity index (χ0v) is 6.77. The fourth-order valence-corrected chi connectivity index (χ4v) is 1.50. The zero-order chi connectivity index (χ0) is 7.40. The van der Waals surface area contributed by atoms with Gasteiger partial charge in [0.05, 0.1) is 0 Å². The van der Waals surface area contributed by atoms with Gasteiger partial charge in [0.2, 0.25) is 0 Å². The molecule has 0 fully saturated rings. The van der Waals surface area contributed by atoms with Crippen LogP contribution in [0.5, 0.6) is 0 Å². The molecule has 1 atom stereocenters. The molecule has 0 aliphatic heterocycles. The van der Waals surface area contributed by atoms with Crippen molar-refractivity contribution in [1.82, 2.24) is 0 Å². The smallest absolute Gasteiger partial charge is 0.0136 e. The van der Waals surface area contributed by atoms with Crippen LogP contribution in [0.25, 0.3) is 0 Å². The molecule has 2 N–H and O–H groups in total. The van der Waals surface area contributed by atoms with Crippen LogP contribution in [0.4, 0.5) is 0 Å². The number of allylic oxidation sites excluding steroid dienone is 1. The Balaban J connectivity index is 2.36. The Morgan fingerprint density at radius 1 is 1.70 bits per heavy atom. The molecule has 0 bridgehead atoms. The Morgan fingerprint density at radius 3 is 2.90 bits per heavy atom. The molecule has 1 aliphatic rings. The van der Waals surface area contributed by atoms with E-state index in [1.165, 1.54) is 31.3 Å². The highest BCUT2D eigenvalue weighted by Crippen LogP contribution is 2.24. The molecular formula is C9H17N. The van der Waals surface area contributed by atoms with Crippen LogP contribution in [0.3, 0.4) is 0 Å².